The number of nitrogens with one attached hydrogen (secondary N) is 1. The molecule has 1 aliphatic rings. The summed E-state index contributed by atoms with van der Waals surface area (Å²) in [6.45, 7) is 6.25. The topological polar surface area (TPSA) is 66.5 Å². The van der Waals surface area contributed by atoms with E-state index < -0.39 is 15.6 Å². The second-order valence-corrected chi connectivity index (χ2v) is 10.5. The van der Waals surface area contributed by atoms with Crippen molar-refractivity contribution < 1.29 is 13.2 Å². The molecule has 8 heteroatoms. The standard InChI is InChI=1S/C17H19ClN2O3S2/c1-17(2,3)20-10-12-8-14(24-16(12)25(20,22)23)15(21)19-9-11-4-6-13(18)7-5-11/h4-8H,9-10H2,1-3H3,(H,19,21). The van der Waals surface area contributed by atoms with Crippen LogP contribution in [-0.2, 0) is 23.1 Å². The number of halogens is 1. The van der Waals surface area contributed by atoms with Gasteiger partial charge in [0.2, 0.25) is 0 Å². The fourth-order valence-electron chi connectivity index (χ4n) is 2.66. The van der Waals surface area contributed by atoms with Crippen molar-refractivity contribution in [3.63, 3.8) is 0 Å². The first-order valence-electron chi connectivity index (χ1n) is 7.77. The van der Waals surface area contributed by atoms with E-state index in [4.69, 9.17) is 11.6 Å². The van der Waals surface area contributed by atoms with Gasteiger partial charge >= 0.3 is 0 Å². The minimum absolute atomic E-state index is 0.271. The number of hydrogen-bond donors (Lipinski definition) is 1. The maximum Gasteiger partial charge on any atom is 0.261 e. The molecule has 3 rings (SSSR count). The number of nitrogens with zero attached hydrogens (tertiary/aromatic N) is 1. The van der Waals surface area contributed by atoms with Crippen molar-refractivity contribution in [1.29, 1.82) is 0 Å². The zero-order valence-corrected chi connectivity index (χ0v) is 16.6. The lowest BCUT2D eigenvalue weighted by Crippen LogP contribution is -2.41. The Morgan fingerprint density at radius 2 is 1.92 bits per heavy atom. The number of hydrogen-bond acceptors (Lipinski definition) is 4. The zero-order chi connectivity index (χ0) is 18.4. The normalized spacial score (nSPS) is 16.6. The number of carbonyl (C=O) groups excluding carboxylic acids is 1. The van der Waals surface area contributed by atoms with E-state index in [1.807, 2.05) is 32.9 Å². The van der Waals surface area contributed by atoms with Crippen LogP contribution < -0.4 is 5.32 Å². The van der Waals surface area contributed by atoms with Gasteiger partial charge in [-0.25, -0.2) is 8.42 Å². The molecule has 0 fully saturated rings. The van der Waals surface area contributed by atoms with Crippen molar-refractivity contribution in [2.45, 2.75) is 43.6 Å². The number of carbonyl (C=O) groups is 1. The van der Waals surface area contributed by atoms with Crippen molar-refractivity contribution >= 4 is 38.9 Å². The quantitative estimate of drug-likeness (QED) is 0.858. The van der Waals surface area contributed by atoms with Crippen LogP contribution in [0.1, 0.15) is 41.6 Å². The Bertz CT molecular complexity index is 912. The van der Waals surface area contributed by atoms with Gasteiger partial charge in [-0.15, -0.1) is 11.3 Å². The highest BCUT2D eigenvalue weighted by Gasteiger charge is 2.43. The molecular formula is C17H19ClN2O3S2. The molecule has 0 bridgehead atoms. The van der Waals surface area contributed by atoms with Crippen molar-refractivity contribution in [1.82, 2.24) is 9.62 Å². The second kappa shape index (κ2) is 6.39. The molecule has 5 nitrogen and oxygen atoms in total. The fraction of sp³-hybridized carbons (Fsp3) is 0.353. The van der Waals surface area contributed by atoms with Gasteiger partial charge in [0.15, 0.2) is 0 Å². The van der Waals surface area contributed by atoms with Crippen LogP contribution in [0.4, 0.5) is 0 Å². The number of thiophene rings is 1. The summed E-state index contributed by atoms with van der Waals surface area (Å²) >= 11 is 6.87. The lowest BCUT2D eigenvalue weighted by atomic mass is 10.1. The van der Waals surface area contributed by atoms with Gasteiger partial charge in [0.05, 0.1) is 4.88 Å². The average molecular weight is 399 g/mol. The molecule has 0 aliphatic carbocycles. The van der Waals surface area contributed by atoms with E-state index in [1.54, 1.807) is 18.2 Å². The van der Waals surface area contributed by atoms with E-state index >= 15 is 0 Å². The predicted octanol–water partition coefficient (Wildman–Crippen LogP) is 3.63. The molecular weight excluding hydrogens is 380 g/mol. The Balaban J connectivity index is 1.74. The Morgan fingerprint density at radius 1 is 1.28 bits per heavy atom. The highest BCUT2D eigenvalue weighted by molar-refractivity contribution is 7.91. The molecule has 0 saturated carbocycles. The summed E-state index contributed by atoms with van der Waals surface area (Å²) in [6.07, 6.45) is 0. The van der Waals surface area contributed by atoms with Gasteiger partial charge in [0.1, 0.15) is 4.21 Å². The molecule has 0 atom stereocenters. The van der Waals surface area contributed by atoms with Crippen molar-refractivity contribution in [3.8, 4) is 0 Å². The Morgan fingerprint density at radius 3 is 2.48 bits per heavy atom. The number of fused-ring (bicyclic) bond motifs is 1. The lowest BCUT2D eigenvalue weighted by molar-refractivity contribution is 0.0955. The van der Waals surface area contributed by atoms with E-state index in [9.17, 15) is 13.2 Å². The third-order valence-corrected chi connectivity index (χ3v) is 8.04. The monoisotopic (exact) mass is 398 g/mol. The van der Waals surface area contributed by atoms with Crippen LogP contribution in [0, 0.1) is 0 Å². The summed E-state index contributed by atoms with van der Waals surface area (Å²) in [7, 11) is -3.53. The minimum Gasteiger partial charge on any atom is -0.347 e. The lowest BCUT2D eigenvalue weighted by Gasteiger charge is -2.29. The molecule has 0 radical (unpaired) electrons. The van der Waals surface area contributed by atoms with Crippen LogP contribution in [0.25, 0.3) is 0 Å². The van der Waals surface area contributed by atoms with Crippen LogP contribution in [0.2, 0.25) is 5.02 Å². The number of sulfonamides is 1. The summed E-state index contributed by atoms with van der Waals surface area (Å²) in [4.78, 5) is 12.8. The molecule has 0 unspecified atom stereocenters. The summed E-state index contributed by atoms with van der Waals surface area (Å²) in [5.41, 5.74) is 1.12. The third-order valence-electron chi connectivity index (χ3n) is 3.95. The Hall–Kier alpha value is -1.41. The number of amides is 1. The molecule has 1 N–H and O–H groups in total. The van der Waals surface area contributed by atoms with Crippen LogP contribution >= 0.6 is 22.9 Å². The first-order chi connectivity index (χ1) is 11.6. The SMILES string of the molecule is CC(C)(C)N1Cc2cc(C(=O)NCc3ccc(Cl)cc3)sc2S1(=O)=O. The maximum absolute atomic E-state index is 12.7. The average Bonchev–Trinajstić information content (AvgIpc) is 3.05. The molecule has 0 spiro atoms. The van der Waals surface area contributed by atoms with Gasteiger partial charge in [-0.1, -0.05) is 23.7 Å². The molecule has 25 heavy (non-hydrogen) atoms. The first-order valence-corrected chi connectivity index (χ1v) is 10.4. The van der Waals surface area contributed by atoms with Gasteiger partial charge in [0, 0.05) is 23.7 Å². The molecule has 1 amide bonds. The van der Waals surface area contributed by atoms with Crippen LogP contribution in [0.5, 0.6) is 0 Å². The highest BCUT2D eigenvalue weighted by atomic mass is 35.5. The number of rotatable bonds is 3. The largest absolute Gasteiger partial charge is 0.347 e. The highest BCUT2D eigenvalue weighted by Crippen LogP contribution is 2.40. The molecule has 0 saturated heterocycles. The number of benzene rings is 1. The molecule has 134 valence electrons. The molecule has 1 aromatic carbocycles. The predicted molar refractivity (Wildman–Crippen MR) is 99.4 cm³/mol. The summed E-state index contributed by atoms with van der Waals surface area (Å²) < 4.78 is 27.1. The molecule has 1 aliphatic heterocycles. The van der Waals surface area contributed by atoms with Gasteiger partial charge in [-0.05, 0) is 50.1 Å². The molecule has 1 aromatic heterocycles. The van der Waals surface area contributed by atoms with E-state index in [1.165, 1.54) is 4.31 Å². The van der Waals surface area contributed by atoms with Gasteiger partial charge in [-0.2, -0.15) is 4.31 Å². The second-order valence-electron chi connectivity index (χ2n) is 6.91. The first kappa shape index (κ1) is 18.4. The summed E-state index contributed by atoms with van der Waals surface area (Å²) in [6, 6.07) is 8.87. The van der Waals surface area contributed by atoms with Crippen LogP contribution in [-0.4, -0.2) is 24.2 Å². The molecule has 2 aromatic rings. The zero-order valence-electron chi connectivity index (χ0n) is 14.2. The summed E-state index contributed by atoms with van der Waals surface area (Å²) in [5, 5.41) is 3.45. The van der Waals surface area contributed by atoms with E-state index in [0.717, 1.165) is 16.9 Å². The Kier molecular flexibility index (Phi) is 4.70. The van der Waals surface area contributed by atoms with Crippen LogP contribution in [0.3, 0.4) is 0 Å². The maximum atomic E-state index is 12.7. The van der Waals surface area contributed by atoms with Gasteiger partial charge in [-0.3, -0.25) is 4.79 Å². The van der Waals surface area contributed by atoms with Gasteiger partial charge < -0.3 is 5.32 Å². The Labute approximate surface area is 156 Å². The van der Waals surface area contributed by atoms with E-state index in [2.05, 4.69) is 5.32 Å². The van der Waals surface area contributed by atoms with Crippen molar-refractivity contribution in [3.05, 3.63) is 51.4 Å². The van der Waals surface area contributed by atoms with Crippen molar-refractivity contribution in [2.24, 2.45) is 0 Å². The summed E-state index contributed by atoms with van der Waals surface area (Å²) in [5.74, 6) is -0.271. The molecule has 2 heterocycles. The fourth-order valence-corrected chi connectivity index (χ4v) is 6.25. The van der Waals surface area contributed by atoms with Crippen molar-refractivity contribution in [2.75, 3.05) is 0 Å². The van der Waals surface area contributed by atoms with Crippen LogP contribution in [0.15, 0.2) is 34.5 Å². The third kappa shape index (κ3) is 3.60. The van der Waals surface area contributed by atoms with Gasteiger partial charge in [0.25, 0.3) is 15.9 Å². The van der Waals surface area contributed by atoms with E-state index in [-0.39, 0.29) is 10.1 Å². The smallest absolute Gasteiger partial charge is 0.261 e. The van der Waals surface area contributed by atoms with E-state index in [0.29, 0.717) is 28.6 Å². The minimum atomic E-state index is -3.53.